The highest BCUT2D eigenvalue weighted by Crippen LogP contribution is 2.47. The van der Waals surface area contributed by atoms with Crippen molar-refractivity contribution in [3.8, 4) is 0 Å². The van der Waals surface area contributed by atoms with Gasteiger partial charge in [-0.1, -0.05) is 17.7 Å². The van der Waals surface area contributed by atoms with Crippen molar-refractivity contribution in [2.24, 2.45) is 5.92 Å². The van der Waals surface area contributed by atoms with Gasteiger partial charge in [0, 0.05) is 11.6 Å². The van der Waals surface area contributed by atoms with Crippen molar-refractivity contribution in [2.75, 3.05) is 6.61 Å². The molecule has 2 fully saturated rings. The second-order valence-corrected chi connectivity index (χ2v) is 6.52. The Morgan fingerprint density at radius 1 is 1.42 bits per heavy atom. The smallest absolute Gasteiger partial charge is 0.0823 e. The highest BCUT2D eigenvalue weighted by molar-refractivity contribution is 6.30. The van der Waals surface area contributed by atoms with Crippen molar-refractivity contribution < 1.29 is 9.84 Å². The van der Waals surface area contributed by atoms with Gasteiger partial charge in [-0.2, -0.15) is 0 Å². The lowest BCUT2D eigenvalue weighted by molar-refractivity contribution is -0.157. The third kappa shape index (κ3) is 2.54. The number of ether oxygens (including phenoxy) is 1. The predicted molar refractivity (Wildman–Crippen MR) is 76.4 cm³/mol. The Labute approximate surface area is 119 Å². The Kier molecular flexibility index (Phi) is 3.59. The summed E-state index contributed by atoms with van der Waals surface area (Å²) in [5.41, 5.74) is 2.18. The van der Waals surface area contributed by atoms with Crippen LogP contribution in [-0.4, -0.2) is 17.3 Å². The lowest BCUT2D eigenvalue weighted by Crippen LogP contribution is -2.46. The van der Waals surface area contributed by atoms with Crippen LogP contribution in [0.4, 0.5) is 0 Å². The summed E-state index contributed by atoms with van der Waals surface area (Å²) < 4.78 is 5.93. The van der Waals surface area contributed by atoms with Crippen LogP contribution in [0.3, 0.4) is 0 Å². The lowest BCUT2D eigenvalue weighted by atomic mass is 9.70. The minimum absolute atomic E-state index is 0.0797. The summed E-state index contributed by atoms with van der Waals surface area (Å²) >= 11 is 6.06. The van der Waals surface area contributed by atoms with Crippen molar-refractivity contribution >= 4 is 11.6 Å². The van der Waals surface area contributed by atoms with Gasteiger partial charge >= 0.3 is 0 Å². The Balaban J connectivity index is 1.79. The number of aliphatic hydroxyl groups excluding tert-OH is 1. The van der Waals surface area contributed by atoms with E-state index in [2.05, 4.69) is 0 Å². The summed E-state index contributed by atoms with van der Waals surface area (Å²) in [6, 6.07) is 5.77. The molecule has 1 saturated carbocycles. The quantitative estimate of drug-likeness (QED) is 0.886. The molecule has 2 unspecified atom stereocenters. The van der Waals surface area contributed by atoms with Gasteiger partial charge < -0.3 is 9.84 Å². The normalized spacial score (nSPS) is 27.0. The van der Waals surface area contributed by atoms with E-state index in [1.807, 2.05) is 25.1 Å². The molecule has 1 aromatic rings. The average Bonchev–Trinajstić information content (AvgIpc) is 2.39. The molecule has 1 aliphatic carbocycles. The molecule has 0 radical (unpaired) electrons. The minimum atomic E-state index is -0.417. The number of halogens is 1. The van der Waals surface area contributed by atoms with Gasteiger partial charge in [0.05, 0.1) is 11.7 Å². The molecule has 1 N–H and O–H groups in total. The number of benzene rings is 1. The Morgan fingerprint density at radius 3 is 2.89 bits per heavy atom. The molecule has 2 nitrogen and oxygen atoms in total. The Bertz CT molecular complexity index is 468. The van der Waals surface area contributed by atoms with Crippen LogP contribution >= 0.6 is 11.6 Å². The monoisotopic (exact) mass is 280 g/mol. The number of aliphatic hydroxyl groups is 1. The largest absolute Gasteiger partial charge is 0.388 e. The van der Waals surface area contributed by atoms with E-state index in [1.54, 1.807) is 0 Å². The van der Waals surface area contributed by atoms with Crippen LogP contribution in [0, 0.1) is 12.8 Å². The number of hydrogen-bond donors (Lipinski definition) is 1. The Morgan fingerprint density at radius 2 is 2.21 bits per heavy atom. The van der Waals surface area contributed by atoms with E-state index in [0.29, 0.717) is 10.9 Å². The zero-order chi connectivity index (χ0) is 13.5. The topological polar surface area (TPSA) is 29.5 Å². The maximum atomic E-state index is 10.7. The van der Waals surface area contributed by atoms with Crippen LogP contribution in [-0.2, 0) is 4.74 Å². The fraction of sp³-hybridized carbons (Fsp3) is 0.625. The van der Waals surface area contributed by atoms with Crippen LogP contribution in [0.15, 0.2) is 18.2 Å². The molecule has 2 atom stereocenters. The van der Waals surface area contributed by atoms with Gasteiger partial charge in [-0.3, -0.25) is 0 Å². The molecule has 19 heavy (non-hydrogen) atoms. The van der Waals surface area contributed by atoms with E-state index < -0.39 is 6.10 Å². The molecule has 1 spiro atoms. The fourth-order valence-electron chi connectivity index (χ4n) is 3.44. The predicted octanol–water partition coefficient (Wildman–Crippen LogP) is 4.03. The fourth-order valence-corrected chi connectivity index (χ4v) is 3.62. The first kappa shape index (κ1) is 13.4. The maximum absolute atomic E-state index is 10.7. The third-order valence-electron chi connectivity index (χ3n) is 4.80. The minimum Gasteiger partial charge on any atom is -0.388 e. The van der Waals surface area contributed by atoms with E-state index >= 15 is 0 Å². The summed E-state index contributed by atoms with van der Waals surface area (Å²) in [5.74, 6) is 0.297. The van der Waals surface area contributed by atoms with E-state index in [1.165, 1.54) is 6.42 Å². The van der Waals surface area contributed by atoms with Gasteiger partial charge in [-0.05, 0) is 68.2 Å². The SMILES string of the molecule is Cc1ccc(Cl)cc1C(O)C1CCOC2(CCC2)C1. The van der Waals surface area contributed by atoms with Crippen LogP contribution in [0.2, 0.25) is 5.02 Å². The van der Waals surface area contributed by atoms with Gasteiger partial charge in [0.25, 0.3) is 0 Å². The third-order valence-corrected chi connectivity index (χ3v) is 5.04. The molecule has 0 bridgehead atoms. The summed E-state index contributed by atoms with van der Waals surface area (Å²) in [7, 11) is 0. The average molecular weight is 281 g/mol. The first-order chi connectivity index (χ1) is 9.10. The lowest BCUT2D eigenvalue weighted by Gasteiger charge is -2.48. The molecule has 0 amide bonds. The molecule has 2 aliphatic rings. The summed E-state index contributed by atoms with van der Waals surface area (Å²) in [4.78, 5) is 0. The maximum Gasteiger partial charge on any atom is 0.0823 e. The van der Waals surface area contributed by atoms with Crippen molar-refractivity contribution in [1.29, 1.82) is 0 Å². The molecular weight excluding hydrogens is 260 g/mol. The summed E-state index contributed by atoms with van der Waals surface area (Å²) in [6.45, 7) is 2.81. The zero-order valence-corrected chi connectivity index (χ0v) is 12.1. The van der Waals surface area contributed by atoms with E-state index in [-0.39, 0.29) is 5.60 Å². The van der Waals surface area contributed by atoms with E-state index in [4.69, 9.17) is 16.3 Å². The second-order valence-electron chi connectivity index (χ2n) is 6.08. The van der Waals surface area contributed by atoms with Gasteiger partial charge in [0.2, 0.25) is 0 Å². The van der Waals surface area contributed by atoms with Gasteiger partial charge in [-0.25, -0.2) is 0 Å². The molecule has 1 aromatic carbocycles. The highest BCUT2D eigenvalue weighted by atomic mass is 35.5. The summed E-state index contributed by atoms with van der Waals surface area (Å²) in [5, 5.41) is 11.4. The number of rotatable bonds is 2. The van der Waals surface area contributed by atoms with Crippen LogP contribution in [0.25, 0.3) is 0 Å². The Hall–Kier alpha value is -0.570. The van der Waals surface area contributed by atoms with Crippen molar-refractivity contribution in [1.82, 2.24) is 0 Å². The van der Waals surface area contributed by atoms with Gasteiger partial charge in [0.15, 0.2) is 0 Å². The van der Waals surface area contributed by atoms with E-state index in [9.17, 15) is 5.11 Å². The van der Waals surface area contributed by atoms with Crippen LogP contribution < -0.4 is 0 Å². The van der Waals surface area contributed by atoms with Crippen molar-refractivity contribution in [3.05, 3.63) is 34.3 Å². The van der Waals surface area contributed by atoms with Crippen molar-refractivity contribution in [2.45, 2.75) is 50.7 Å². The first-order valence-electron chi connectivity index (χ1n) is 7.18. The van der Waals surface area contributed by atoms with Crippen LogP contribution in [0.1, 0.15) is 49.3 Å². The molecule has 1 heterocycles. The molecule has 1 aliphatic heterocycles. The van der Waals surface area contributed by atoms with E-state index in [0.717, 1.165) is 43.4 Å². The molecular formula is C16H21ClO2. The molecule has 3 rings (SSSR count). The second kappa shape index (κ2) is 5.08. The van der Waals surface area contributed by atoms with Crippen LogP contribution in [0.5, 0.6) is 0 Å². The van der Waals surface area contributed by atoms with Crippen molar-refractivity contribution in [3.63, 3.8) is 0 Å². The molecule has 0 aromatic heterocycles. The highest BCUT2D eigenvalue weighted by Gasteiger charge is 2.44. The first-order valence-corrected chi connectivity index (χ1v) is 7.56. The standard InChI is InChI=1S/C16H21ClO2/c1-11-3-4-13(17)9-14(11)15(18)12-5-8-19-16(10-12)6-2-7-16/h3-4,9,12,15,18H,2,5-8,10H2,1H3. The summed E-state index contributed by atoms with van der Waals surface area (Å²) in [6.07, 6.45) is 5.09. The van der Waals surface area contributed by atoms with Gasteiger partial charge in [0.1, 0.15) is 0 Å². The van der Waals surface area contributed by atoms with Gasteiger partial charge in [-0.15, -0.1) is 0 Å². The zero-order valence-electron chi connectivity index (χ0n) is 11.4. The molecule has 3 heteroatoms. The number of hydrogen-bond acceptors (Lipinski definition) is 2. The molecule has 104 valence electrons. The number of aryl methyl sites for hydroxylation is 1. The molecule has 1 saturated heterocycles.